The Morgan fingerprint density at radius 1 is 1.31 bits per heavy atom. The molecule has 0 aliphatic heterocycles. The topological polar surface area (TPSA) is 12.0 Å². The molecule has 1 heterocycles. The number of anilines is 1. The number of aryl methyl sites for hydroxylation is 1. The van der Waals surface area contributed by atoms with Crippen molar-refractivity contribution < 1.29 is 0 Å². The van der Waals surface area contributed by atoms with E-state index in [2.05, 4.69) is 43.4 Å². The third-order valence-electron chi connectivity index (χ3n) is 2.02. The van der Waals surface area contributed by atoms with Crippen molar-refractivity contribution in [2.24, 2.45) is 0 Å². The Balaban J connectivity index is 2.49. The summed E-state index contributed by atoms with van der Waals surface area (Å²) in [5.41, 5.74) is 1.33. The summed E-state index contributed by atoms with van der Waals surface area (Å²) >= 11 is 1.82. The first kappa shape index (κ1) is 8.57. The van der Waals surface area contributed by atoms with Crippen molar-refractivity contribution in [2.45, 2.75) is 13.8 Å². The lowest BCUT2D eigenvalue weighted by Crippen LogP contribution is -1.92. The van der Waals surface area contributed by atoms with Gasteiger partial charge in [0.15, 0.2) is 0 Å². The van der Waals surface area contributed by atoms with E-state index in [0.29, 0.717) is 0 Å². The van der Waals surface area contributed by atoms with Crippen LogP contribution in [-0.4, -0.2) is 6.54 Å². The molecule has 1 aromatic carbocycles. The lowest BCUT2D eigenvalue weighted by Gasteiger charge is -1.93. The zero-order valence-electron chi connectivity index (χ0n) is 7.92. The maximum absolute atomic E-state index is 3.33. The van der Waals surface area contributed by atoms with E-state index in [1.807, 2.05) is 11.3 Å². The number of rotatable bonds is 2. The summed E-state index contributed by atoms with van der Waals surface area (Å²) in [5.74, 6) is 0. The largest absolute Gasteiger partial charge is 0.377 e. The molecular weight excluding hydrogens is 178 g/mol. The highest BCUT2D eigenvalue weighted by molar-refractivity contribution is 7.22. The second-order valence-electron chi connectivity index (χ2n) is 3.18. The Hall–Kier alpha value is -1.02. The van der Waals surface area contributed by atoms with Crippen LogP contribution >= 0.6 is 11.3 Å². The number of nitrogens with one attached hydrogen (secondary N) is 1. The zero-order valence-corrected chi connectivity index (χ0v) is 8.74. The van der Waals surface area contributed by atoms with E-state index in [0.717, 1.165) is 6.54 Å². The minimum atomic E-state index is 0.992. The van der Waals surface area contributed by atoms with Gasteiger partial charge in [-0.25, -0.2) is 0 Å². The molecule has 0 aliphatic carbocycles. The van der Waals surface area contributed by atoms with Gasteiger partial charge in [-0.3, -0.25) is 0 Å². The van der Waals surface area contributed by atoms with Gasteiger partial charge in [-0.2, -0.15) is 0 Å². The molecule has 1 aromatic heterocycles. The van der Waals surface area contributed by atoms with E-state index in [1.165, 1.54) is 20.7 Å². The average Bonchev–Trinajstić information content (AvgIpc) is 2.46. The average molecular weight is 191 g/mol. The normalized spacial score (nSPS) is 10.6. The van der Waals surface area contributed by atoms with Crippen LogP contribution < -0.4 is 5.32 Å². The minimum Gasteiger partial charge on any atom is -0.377 e. The molecule has 0 amide bonds. The number of hydrogen-bond acceptors (Lipinski definition) is 2. The van der Waals surface area contributed by atoms with Gasteiger partial charge in [0.05, 0.1) is 5.00 Å². The third-order valence-corrected chi connectivity index (χ3v) is 3.10. The fraction of sp³-hybridized carbons (Fsp3) is 0.273. The van der Waals surface area contributed by atoms with Crippen LogP contribution in [0.25, 0.3) is 10.1 Å². The second kappa shape index (κ2) is 3.38. The van der Waals surface area contributed by atoms with Crippen molar-refractivity contribution in [3.8, 4) is 0 Å². The van der Waals surface area contributed by atoms with Crippen LogP contribution in [0.3, 0.4) is 0 Å². The number of hydrogen-bond donors (Lipinski definition) is 1. The Morgan fingerprint density at radius 3 is 2.92 bits per heavy atom. The van der Waals surface area contributed by atoms with Gasteiger partial charge in [-0.15, -0.1) is 11.3 Å². The molecule has 1 N–H and O–H groups in total. The van der Waals surface area contributed by atoms with Crippen molar-refractivity contribution in [3.05, 3.63) is 29.8 Å². The quantitative estimate of drug-likeness (QED) is 0.764. The van der Waals surface area contributed by atoms with Gasteiger partial charge < -0.3 is 5.32 Å². The molecule has 0 spiro atoms. The number of benzene rings is 1. The van der Waals surface area contributed by atoms with Crippen molar-refractivity contribution >= 4 is 26.4 Å². The van der Waals surface area contributed by atoms with E-state index in [-0.39, 0.29) is 0 Å². The number of thiophene rings is 1. The van der Waals surface area contributed by atoms with Gasteiger partial charge in [0.2, 0.25) is 0 Å². The van der Waals surface area contributed by atoms with E-state index in [4.69, 9.17) is 0 Å². The standard InChI is InChI=1S/C11H13NS/c1-3-12-11-7-9-6-8(2)4-5-10(9)13-11/h4-7,12H,3H2,1-2H3. The van der Waals surface area contributed by atoms with Gasteiger partial charge in [0, 0.05) is 11.2 Å². The highest BCUT2D eigenvalue weighted by atomic mass is 32.1. The Morgan fingerprint density at radius 2 is 2.15 bits per heavy atom. The molecule has 2 heteroatoms. The Labute approximate surface area is 82.4 Å². The molecule has 0 aliphatic rings. The first-order valence-corrected chi connectivity index (χ1v) is 5.35. The first-order chi connectivity index (χ1) is 6.29. The summed E-state index contributed by atoms with van der Waals surface area (Å²) in [7, 11) is 0. The predicted molar refractivity (Wildman–Crippen MR) is 60.7 cm³/mol. The molecule has 13 heavy (non-hydrogen) atoms. The van der Waals surface area contributed by atoms with Gasteiger partial charge in [-0.05, 0) is 31.4 Å². The fourth-order valence-electron chi connectivity index (χ4n) is 1.42. The van der Waals surface area contributed by atoms with E-state index in [9.17, 15) is 0 Å². The third kappa shape index (κ3) is 1.68. The molecule has 0 saturated carbocycles. The predicted octanol–water partition coefficient (Wildman–Crippen LogP) is 3.64. The summed E-state index contributed by atoms with van der Waals surface area (Å²) in [5, 5.41) is 5.95. The van der Waals surface area contributed by atoms with Crippen molar-refractivity contribution in [1.82, 2.24) is 0 Å². The Kier molecular flexibility index (Phi) is 2.23. The lowest BCUT2D eigenvalue weighted by molar-refractivity contribution is 1.23. The monoisotopic (exact) mass is 191 g/mol. The SMILES string of the molecule is CCNc1cc2cc(C)ccc2s1. The van der Waals surface area contributed by atoms with Crippen molar-refractivity contribution in [2.75, 3.05) is 11.9 Å². The van der Waals surface area contributed by atoms with Gasteiger partial charge >= 0.3 is 0 Å². The van der Waals surface area contributed by atoms with Crippen LogP contribution in [0.4, 0.5) is 5.00 Å². The summed E-state index contributed by atoms with van der Waals surface area (Å²) < 4.78 is 1.36. The van der Waals surface area contributed by atoms with Crippen molar-refractivity contribution in [3.63, 3.8) is 0 Å². The summed E-state index contributed by atoms with van der Waals surface area (Å²) in [6.45, 7) is 5.24. The molecule has 68 valence electrons. The smallest absolute Gasteiger partial charge is 0.0894 e. The maximum atomic E-state index is 3.33. The van der Waals surface area contributed by atoms with Crippen LogP contribution in [0.2, 0.25) is 0 Å². The second-order valence-corrected chi connectivity index (χ2v) is 4.27. The molecule has 0 saturated heterocycles. The first-order valence-electron chi connectivity index (χ1n) is 4.53. The van der Waals surface area contributed by atoms with Crippen LogP contribution in [0.15, 0.2) is 24.3 Å². The molecule has 1 nitrogen and oxygen atoms in total. The molecule has 0 fully saturated rings. The van der Waals surface area contributed by atoms with Crippen LogP contribution in [0, 0.1) is 6.92 Å². The zero-order chi connectivity index (χ0) is 9.26. The van der Waals surface area contributed by atoms with Gasteiger partial charge in [0.25, 0.3) is 0 Å². The molecule has 0 radical (unpaired) electrons. The Bertz CT molecular complexity index is 417. The highest BCUT2D eigenvalue weighted by Gasteiger charge is 1.99. The maximum Gasteiger partial charge on any atom is 0.0894 e. The van der Waals surface area contributed by atoms with E-state index < -0.39 is 0 Å². The van der Waals surface area contributed by atoms with Crippen LogP contribution in [0.1, 0.15) is 12.5 Å². The summed E-state index contributed by atoms with van der Waals surface area (Å²) in [6.07, 6.45) is 0. The molecule has 0 atom stereocenters. The summed E-state index contributed by atoms with van der Waals surface area (Å²) in [6, 6.07) is 8.80. The van der Waals surface area contributed by atoms with Crippen molar-refractivity contribution in [1.29, 1.82) is 0 Å². The van der Waals surface area contributed by atoms with Gasteiger partial charge in [-0.1, -0.05) is 17.7 Å². The van der Waals surface area contributed by atoms with Gasteiger partial charge in [0.1, 0.15) is 0 Å². The molecular formula is C11H13NS. The highest BCUT2D eigenvalue weighted by Crippen LogP contribution is 2.29. The molecule has 2 aromatic rings. The lowest BCUT2D eigenvalue weighted by atomic mass is 10.2. The van der Waals surface area contributed by atoms with E-state index >= 15 is 0 Å². The molecule has 0 unspecified atom stereocenters. The number of fused-ring (bicyclic) bond motifs is 1. The van der Waals surface area contributed by atoms with Crippen LogP contribution in [-0.2, 0) is 0 Å². The van der Waals surface area contributed by atoms with Crippen LogP contribution in [0.5, 0.6) is 0 Å². The summed E-state index contributed by atoms with van der Waals surface area (Å²) in [4.78, 5) is 0. The minimum absolute atomic E-state index is 0.992. The molecule has 0 bridgehead atoms. The van der Waals surface area contributed by atoms with E-state index in [1.54, 1.807) is 0 Å². The molecule has 2 rings (SSSR count). The fourth-order valence-corrected chi connectivity index (χ4v) is 2.44.